The minimum atomic E-state index is -0.926. The van der Waals surface area contributed by atoms with E-state index < -0.39 is 63.2 Å². The number of pyridine rings is 3. The predicted molar refractivity (Wildman–Crippen MR) is 510 cm³/mol. The van der Waals surface area contributed by atoms with Crippen LogP contribution >= 0.6 is 11.6 Å². The van der Waals surface area contributed by atoms with Crippen molar-refractivity contribution in [3.05, 3.63) is 234 Å². The molecule has 0 radical (unpaired) electrons. The minimum absolute atomic E-state index is 0.00113. The van der Waals surface area contributed by atoms with Gasteiger partial charge in [-0.2, -0.15) is 35.4 Å². The zero-order valence-electron chi connectivity index (χ0n) is 77.7. The number of carbonyl (C=O) groups excluding carboxylic acids is 3. The third-order valence-electron chi connectivity index (χ3n) is 25.8. The molecule has 4 saturated carbocycles. The number of hydrogen-bond donors (Lipinski definition) is 1. The average Bonchev–Trinajstić information content (AvgIpc) is 1.63. The van der Waals surface area contributed by atoms with Crippen LogP contribution in [-0.2, 0) is 14.4 Å². The molecule has 7 aliphatic rings. The Kier molecular flexibility index (Phi) is 26.7. The molecular formula is C100H100ClF5N24O8. The average molecular weight is 1900 g/mol. The molecular weight excluding hydrogens is 1800 g/mol. The van der Waals surface area contributed by atoms with E-state index in [9.17, 15) is 48.8 Å². The Balaban J connectivity index is 0.000000143. The normalized spacial score (nSPS) is 17.7. The highest BCUT2D eigenvalue weighted by molar-refractivity contribution is 6.34. The van der Waals surface area contributed by atoms with E-state index in [0.717, 1.165) is 63.5 Å². The number of aromatic hydroxyl groups is 1. The predicted octanol–water partition coefficient (Wildman–Crippen LogP) is 14.3. The van der Waals surface area contributed by atoms with E-state index in [0.29, 0.717) is 128 Å². The number of piperazine rings is 3. The number of nitriles is 2. The molecule has 3 saturated heterocycles. The summed E-state index contributed by atoms with van der Waals surface area (Å²) in [4.78, 5) is 148. The third kappa shape index (κ3) is 18.6. The molecule has 0 spiro atoms. The Labute approximate surface area is 795 Å². The summed E-state index contributed by atoms with van der Waals surface area (Å²) in [5, 5.41) is 31.0. The molecule has 12 heterocycles. The van der Waals surface area contributed by atoms with E-state index in [2.05, 4.69) is 64.6 Å². The van der Waals surface area contributed by atoms with Crippen LogP contribution in [0.5, 0.6) is 11.8 Å². The van der Waals surface area contributed by atoms with E-state index in [1.54, 1.807) is 45.0 Å². The van der Waals surface area contributed by atoms with Crippen molar-refractivity contribution in [2.24, 2.45) is 0 Å². The second-order valence-electron chi connectivity index (χ2n) is 36.7. The van der Waals surface area contributed by atoms with Crippen LogP contribution in [0.3, 0.4) is 0 Å². The van der Waals surface area contributed by atoms with Crippen molar-refractivity contribution in [2.75, 3.05) is 94.3 Å². The van der Waals surface area contributed by atoms with E-state index in [1.165, 1.54) is 74.4 Å². The van der Waals surface area contributed by atoms with Crippen LogP contribution in [-0.4, -0.2) is 220 Å². The first kappa shape index (κ1) is 95.0. The number of anilines is 3. The van der Waals surface area contributed by atoms with Gasteiger partial charge in [0, 0.05) is 118 Å². The lowest BCUT2D eigenvalue weighted by atomic mass is 10.0. The molecule has 7 fully saturated rings. The van der Waals surface area contributed by atoms with Gasteiger partial charge in [0.1, 0.15) is 76.6 Å². The summed E-state index contributed by atoms with van der Waals surface area (Å²) in [7, 11) is 3.91. The molecule has 9 aromatic heterocycles. The van der Waals surface area contributed by atoms with Crippen molar-refractivity contribution in [3.8, 4) is 74.7 Å². The zero-order chi connectivity index (χ0) is 98.0. The molecule has 4 atom stereocenters. The lowest BCUT2D eigenvalue weighted by Crippen LogP contribution is -2.58. The van der Waals surface area contributed by atoms with Gasteiger partial charge >= 0.3 is 23.1 Å². The number of ether oxygens (including phenoxy) is 1. The zero-order valence-corrected chi connectivity index (χ0v) is 78.5. The van der Waals surface area contributed by atoms with E-state index in [4.69, 9.17) is 31.3 Å². The number of phenols is 1. The van der Waals surface area contributed by atoms with Gasteiger partial charge in [0.25, 0.3) is 0 Å². The van der Waals surface area contributed by atoms with Crippen LogP contribution in [0.15, 0.2) is 137 Å². The van der Waals surface area contributed by atoms with Gasteiger partial charge in [0.15, 0.2) is 22.8 Å². The van der Waals surface area contributed by atoms with Crippen molar-refractivity contribution in [2.45, 2.75) is 166 Å². The fraction of sp³-hybridized carbons (Fsp3) is 0.380. The summed E-state index contributed by atoms with van der Waals surface area (Å²) < 4.78 is 87.2. The maximum absolute atomic E-state index is 16.0. The number of hydrogen-bond acceptors (Lipinski definition) is 26. The van der Waals surface area contributed by atoms with Crippen molar-refractivity contribution in [1.82, 2.24) is 93.1 Å². The first-order valence-electron chi connectivity index (χ1n) is 46.0. The number of carbonyl (C=O) groups is 3. The van der Waals surface area contributed by atoms with Gasteiger partial charge in [-0.15, -0.1) is 0 Å². The number of fused-ring (bicyclic) bond motifs is 3. The van der Waals surface area contributed by atoms with Crippen LogP contribution in [0.1, 0.15) is 188 Å². The van der Waals surface area contributed by atoms with Gasteiger partial charge in [-0.25, -0.2) is 84.9 Å². The molecule has 0 bridgehead atoms. The Morgan fingerprint density at radius 3 is 1.28 bits per heavy atom. The van der Waals surface area contributed by atoms with Crippen molar-refractivity contribution >= 4 is 79.9 Å². The lowest BCUT2D eigenvalue weighted by Gasteiger charge is -2.44. The SMILES string of the molecule is C=CC(=O)N1CCN(c2nc(=O)n(-c3c(C4CC4)nc(C#N)nc3C3CC3)c3nc(-c4c(O)cccc4F)c(F)cc23)[C@@H](C)C1.C=CC(=O)N1CCN(c2nc(=O)n(-c3c(C4CC4)nc(C#N)nc3C3CC3)c3nc(-c4ccccc4F)c(F)cc23)[C@@H](C)C1.C=CC(=O)N1C[C@H](C)N(c2nc(=O)n(-c3c(C(C)C)nc(OCCN(C)C)nc3C(C)C)c3nc(-c4ccccc4F)c(Cl)cc23)C[C@H]1C. The smallest absolute Gasteiger partial charge is 0.355 e. The molecule has 32 nitrogen and oxygen atoms in total. The molecule has 1 N–H and O–H groups in total. The number of benzene rings is 3. The summed E-state index contributed by atoms with van der Waals surface area (Å²) in [6.07, 6.45) is 10.4. The number of amides is 3. The largest absolute Gasteiger partial charge is 0.507 e. The molecule has 4 aliphatic carbocycles. The second-order valence-corrected chi connectivity index (χ2v) is 37.1. The van der Waals surface area contributed by atoms with Crippen LogP contribution < -0.4 is 36.5 Å². The van der Waals surface area contributed by atoms with Gasteiger partial charge < -0.3 is 44.1 Å². The Morgan fingerprint density at radius 1 is 0.478 bits per heavy atom. The Morgan fingerprint density at radius 2 is 0.870 bits per heavy atom. The van der Waals surface area contributed by atoms with Gasteiger partial charge in [0.2, 0.25) is 29.4 Å². The molecule has 138 heavy (non-hydrogen) atoms. The topological polar surface area (TPSA) is 372 Å². The fourth-order valence-corrected chi connectivity index (χ4v) is 18.5. The standard InChI is InChI=1S/C36H44ClFN8O3.C32H28F2N8O3.C32H28F2N8O2/c1-10-28(47)44-18-23(7)45(19-22(44)6)33-25-17-26(37)31(24-13-11-12-14-27(24)38)39-34(25)46(36(48)42-33)32-29(20(2)3)40-35(41-30(32)21(4)5)49-16-15-43(8)9;1-3-24(44)40-11-12-41(16(2)15-40)30-19-13-21(34)28(25-20(33)5-4-6-22(25)43)38-31(19)42(32(45)39-30)29-26(17-7-8-17)36-23(14-35)37-27(29)18-9-10-18;1-3-25(43)40-12-13-41(17(2)16-40)30-21-14-23(34)28(20-6-4-5-7-22(20)33)38-31(21)42(32(44)39-30)29-26(18-8-9-18)36-24(15-35)37-27(29)19-10-11-19/h10-14,17,20-23H,1,15-16,18-19H2,2-9H3;3-6,13,16-18,43H,1,7-12,15H2,2H3;3-7,14,17-19H,1,8-13,16H2,2H3/t22-,23+;16-;17-/m100/s1. The maximum Gasteiger partial charge on any atom is 0.355 e. The first-order valence-corrected chi connectivity index (χ1v) is 46.4. The van der Waals surface area contributed by atoms with Crippen molar-refractivity contribution < 1.29 is 46.2 Å². The van der Waals surface area contributed by atoms with Crippen LogP contribution in [0.25, 0.3) is 83.9 Å². The number of phenolic OH excluding ortho intramolecular Hbond substituents is 1. The van der Waals surface area contributed by atoms with Crippen LogP contribution in [0.4, 0.5) is 39.4 Å². The summed E-state index contributed by atoms with van der Waals surface area (Å²) >= 11 is 6.89. The quantitative estimate of drug-likeness (QED) is 0.0486. The van der Waals surface area contributed by atoms with Crippen LogP contribution in [0, 0.1) is 51.7 Å². The third-order valence-corrected chi connectivity index (χ3v) is 26.0. The number of halogens is 6. The highest BCUT2D eigenvalue weighted by Crippen LogP contribution is 2.51. The van der Waals surface area contributed by atoms with Gasteiger partial charge in [-0.1, -0.05) is 89.4 Å². The number of likely N-dealkylation sites (N-methyl/N-ethyl adjacent to an activating group) is 1. The molecule has 3 aromatic carbocycles. The Bertz CT molecular complexity index is 7150. The molecule has 710 valence electrons. The maximum atomic E-state index is 16.0. The van der Waals surface area contributed by atoms with E-state index >= 15 is 17.6 Å². The molecule has 3 amide bonds. The van der Waals surface area contributed by atoms with E-state index in [-0.39, 0.29) is 162 Å². The summed E-state index contributed by atoms with van der Waals surface area (Å²) in [6.45, 7) is 30.2. The van der Waals surface area contributed by atoms with Gasteiger partial charge in [-0.05, 0) is 178 Å². The monoisotopic (exact) mass is 1890 g/mol. The highest BCUT2D eigenvalue weighted by atomic mass is 35.5. The highest BCUT2D eigenvalue weighted by Gasteiger charge is 2.43. The first-order chi connectivity index (χ1) is 66.2. The number of aromatic nitrogens is 15. The van der Waals surface area contributed by atoms with Gasteiger partial charge in [-0.3, -0.25) is 14.4 Å². The molecule has 3 aliphatic heterocycles. The van der Waals surface area contributed by atoms with Crippen molar-refractivity contribution in [3.63, 3.8) is 0 Å². The van der Waals surface area contributed by atoms with Crippen molar-refractivity contribution in [1.29, 1.82) is 10.5 Å². The number of rotatable bonds is 22. The summed E-state index contributed by atoms with van der Waals surface area (Å²) in [6, 6.07) is 23.0. The molecule has 19 rings (SSSR count). The van der Waals surface area contributed by atoms with Crippen LogP contribution in [0.2, 0.25) is 5.02 Å². The summed E-state index contributed by atoms with van der Waals surface area (Å²) in [5.41, 5.74) is 2.07. The molecule has 0 unspecified atom stereocenters. The molecule has 12 aromatic rings. The van der Waals surface area contributed by atoms with E-state index in [1.807, 2.05) is 101 Å². The number of nitrogens with zero attached hydrogens (tertiary/aromatic N) is 24. The second kappa shape index (κ2) is 38.8. The molecule has 38 heteroatoms. The lowest BCUT2D eigenvalue weighted by molar-refractivity contribution is -0.129. The summed E-state index contributed by atoms with van der Waals surface area (Å²) in [5.74, 6) is -4.32. The fourth-order valence-electron chi connectivity index (χ4n) is 18.2. The van der Waals surface area contributed by atoms with Gasteiger partial charge in [0.05, 0.1) is 83.7 Å². The minimum Gasteiger partial charge on any atom is -0.507 e. The Hall–Kier alpha value is -14.7.